The number of hydrogen-bond donors (Lipinski definition) is 4. The van der Waals surface area contributed by atoms with Crippen molar-refractivity contribution >= 4 is 10.9 Å². The fourth-order valence-electron chi connectivity index (χ4n) is 4.28. The third-order valence-corrected chi connectivity index (χ3v) is 5.90. The summed E-state index contributed by atoms with van der Waals surface area (Å²) in [6.07, 6.45) is -3.37. The van der Waals surface area contributed by atoms with E-state index in [1.807, 2.05) is 69.4 Å². The van der Waals surface area contributed by atoms with Crippen molar-refractivity contribution in [2.75, 3.05) is 6.61 Å². The Morgan fingerprint density at radius 3 is 2.38 bits per heavy atom. The van der Waals surface area contributed by atoms with Gasteiger partial charge in [0.15, 0.2) is 6.23 Å². The maximum atomic E-state index is 10.7. The predicted octanol–water partition coefficient (Wildman–Crippen LogP) is 2.30. The number of aliphatic hydroxyl groups is 4. The molecule has 0 aliphatic carbocycles. The van der Waals surface area contributed by atoms with Gasteiger partial charge in [-0.05, 0) is 62.1 Å². The van der Waals surface area contributed by atoms with Gasteiger partial charge in [0, 0.05) is 11.6 Å². The highest BCUT2D eigenvalue weighted by Gasteiger charge is 2.44. The van der Waals surface area contributed by atoms with E-state index in [9.17, 15) is 20.4 Å². The van der Waals surface area contributed by atoms with Crippen molar-refractivity contribution in [1.82, 2.24) is 4.57 Å². The van der Waals surface area contributed by atoms with Crippen LogP contribution in [0.4, 0.5) is 0 Å². The van der Waals surface area contributed by atoms with Crippen molar-refractivity contribution in [1.29, 1.82) is 0 Å². The molecule has 4 rings (SSSR count). The number of aliphatic hydroxyl groups excluding tert-OH is 4. The highest BCUT2D eigenvalue weighted by Crippen LogP contribution is 2.34. The molecule has 1 fully saturated rings. The van der Waals surface area contributed by atoms with E-state index in [1.165, 1.54) is 0 Å². The summed E-state index contributed by atoms with van der Waals surface area (Å²) < 4.78 is 13.3. The lowest BCUT2D eigenvalue weighted by Gasteiger charge is -2.40. The van der Waals surface area contributed by atoms with Crippen molar-refractivity contribution in [2.45, 2.75) is 63.9 Å². The molecule has 32 heavy (non-hydrogen) atoms. The Labute approximate surface area is 187 Å². The maximum Gasteiger partial charge on any atom is 0.163 e. The molecule has 1 aliphatic heterocycles. The molecule has 7 heteroatoms. The molecular formula is C25H31NO6. The fraction of sp³-hybridized carbons (Fsp3) is 0.440. The van der Waals surface area contributed by atoms with E-state index in [-0.39, 0.29) is 6.10 Å². The Balaban J connectivity index is 1.70. The number of benzene rings is 2. The molecule has 2 heterocycles. The van der Waals surface area contributed by atoms with Gasteiger partial charge in [-0.15, -0.1) is 0 Å². The second kappa shape index (κ2) is 9.21. The summed E-state index contributed by atoms with van der Waals surface area (Å²) in [4.78, 5) is 0. The van der Waals surface area contributed by atoms with Gasteiger partial charge in [0.05, 0.1) is 18.2 Å². The highest BCUT2D eigenvalue weighted by atomic mass is 16.6. The Morgan fingerprint density at radius 2 is 1.72 bits per heavy atom. The molecule has 0 spiro atoms. The van der Waals surface area contributed by atoms with Gasteiger partial charge in [-0.2, -0.15) is 0 Å². The molecule has 0 unspecified atom stereocenters. The van der Waals surface area contributed by atoms with Crippen molar-refractivity contribution < 1.29 is 29.9 Å². The summed E-state index contributed by atoms with van der Waals surface area (Å²) in [7, 11) is 0. The van der Waals surface area contributed by atoms with Crippen molar-refractivity contribution in [3.8, 4) is 5.75 Å². The predicted molar refractivity (Wildman–Crippen MR) is 121 cm³/mol. The second-order valence-electron chi connectivity index (χ2n) is 8.79. The van der Waals surface area contributed by atoms with Crippen LogP contribution < -0.4 is 4.74 Å². The molecule has 0 bridgehead atoms. The first kappa shape index (κ1) is 22.8. The zero-order valence-electron chi connectivity index (χ0n) is 18.5. The Hall–Kier alpha value is -2.42. The van der Waals surface area contributed by atoms with E-state index in [2.05, 4.69) is 0 Å². The molecule has 1 aliphatic rings. The van der Waals surface area contributed by atoms with Gasteiger partial charge in [0.2, 0.25) is 0 Å². The molecule has 4 N–H and O–H groups in total. The molecule has 0 saturated carbocycles. The van der Waals surface area contributed by atoms with E-state index in [4.69, 9.17) is 9.47 Å². The normalized spacial score (nSPS) is 26.1. The minimum absolute atomic E-state index is 0.112. The van der Waals surface area contributed by atoms with Gasteiger partial charge in [-0.3, -0.25) is 0 Å². The molecule has 0 amide bonds. The third-order valence-electron chi connectivity index (χ3n) is 5.90. The minimum Gasteiger partial charge on any atom is -0.491 e. The zero-order valence-corrected chi connectivity index (χ0v) is 18.5. The summed E-state index contributed by atoms with van der Waals surface area (Å²) >= 11 is 0. The third kappa shape index (κ3) is 4.40. The van der Waals surface area contributed by atoms with Crippen LogP contribution in [0.5, 0.6) is 5.75 Å². The average molecular weight is 442 g/mol. The summed E-state index contributed by atoms with van der Waals surface area (Å²) in [5, 5.41) is 41.6. The maximum absolute atomic E-state index is 10.7. The second-order valence-corrected chi connectivity index (χ2v) is 8.79. The Kier molecular flexibility index (Phi) is 6.55. The lowest BCUT2D eigenvalue weighted by atomic mass is 9.98. The first-order valence-corrected chi connectivity index (χ1v) is 10.9. The lowest BCUT2D eigenvalue weighted by molar-refractivity contribution is -0.250. The summed E-state index contributed by atoms with van der Waals surface area (Å²) in [5.74, 6) is 0.822. The van der Waals surface area contributed by atoms with Crippen LogP contribution in [-0.2, 0) is 11.2 Å². The molecular weight excluding hydrogens is 410 g/mol. The van der Waals surface area contributed by atoms with Gasteiger partial charge in [0.1, 0.15) is 30.2 Å². The Morgan fingerprint density at radius 1 is 1.00 bits per heavy atom. The van der Waals surface area contributed by atoms with Gasteiger partial charge in [-0.25, -0.2) is 0 Å². The van der Waals surface area contributed by atoms with E-state index >= 15 is 0 Å². The van der Waals surface area contributed by atoms with Crippen molar-refractivity contribution in [2.24, 2.45) is 0 Å². The number of aryl methyl sites for hydroxylation is 1. The topological polar surface area (TPSA) is 104 Å². The number of nitrogens with zero attached hydrogens (tertiary/aromatic N) is 1. The molecule has 1 saturated heterocycles. The van der Waals surface area contributed by atoms with Crippen LogP contribution in [-0.4, -0.2) is 62.1 Å². The smallest absolute Gasteiger partial charge is 0.163 e. The highest BCUT2D eigenvalue weighted by molar-refractivity contribution is 5.85. The number of hydrogen-bond acceptors (Lipinski definition) is 6. The molecule has 2 aromatic carbocycles. The van der Waals surface area contributed by atoms with Crippen LogP contribution in [0, 0.1) is 6.92 Å². The first-order chi connectivity index (χ1) is 15.3. The summed E-state index contributed by atoms with van der Waals surface area (Å²) in [6, 6.07) is 14.0. The standard InChI is InChI=1S/C25H31NO6/c1-14(2)31-18-7-5-16(6-8-18)11-17-12-26(20-10-15(3)4-9-19(17)20)25-24(30)23(29)22(28)21(13-27)32-25/h4-10,12,14,21-25,27-30H,11,13H2,1-3H3/t21-,22-,23+,24-,25-/m1/s1. The monoisotopic (exact) mass is 441 g/mol. The molecule has 3 aromatic rings. The van der Waals surface area contributed by atoms with Gasteiger partial charge >= 0.3 is 0 Å². The molecule has 172 valence electrons. The molecule has 0 radical (unpaired) electrons. The SMILES string of the molecule is Cc1ccc2c(Cc3ccc(OC(C)C)cc3)cn([C@@H]3O[C@H](CO)[C@@H](O)[C@H](O)[C@H]3O)c2c1. The van der Waals surface area contributed by atoms with Crippen LogP contribution in [0.3, 0.4) is 0 Å². The van der Waals surface area contributed by atoms with Crippen molar-refractivity contribution in [3.63, 3.8) is 0 Å². The number of rotatable bonds is 6. The van der Waals surface area contributed by atoms with E-state index in [1.54, 1.807) is 4.57 Å². The van der Waals surface area contributed by atoms with E-state index in [0.29, 0.717) is 6.42 Å². The first-order valence-electron chi connectivity index (χ1n) is 10.9. The van der Waals surface area contributed by atoms with E-state index in [0.717, 1.165) is 33.3 Å². The van der Waals surface area contributed by atoms with Crippen molar-refractivity contribution in [3.05, 3.63) is 65.4 Å². The summed E-state index contributed by atoms with van der Waals surface area (Å²) in [5.41, 5.74) is 4.04. The van der Waals surface area contributed by atoms with Crippen LogP contribution in [0.1, 0.15) is 36.8 Å². The van der Waals surface area contributed by atoms with E-state index < -0.39 is 37.3 Å². The lowest BCUT2D eigenvalue weighted by Crippen LogP contribution is -2.56. The van der Waals surface area contributed by atoms with Crippen LogP contribution >= 0.6 is 0 Å². The largest absolute Gasteiger partial charge is 0.491 e. The van der Waals surface area contributed by atoms with Gasteiger partial charge < -0.3 is 34.5 Å². The quantitative estimate of drug-likeness (QED) is 0.468. The van der Waals surface area contributed by atoms with Crippen LogP contribution in [0.2, 0.25) is 0 Å². The van der Waals surface area contributed by atoms with Crippen LogP contribution in [0.15, 0.2) is 48.7 Å². The Bertz CT molecular complexity index is 1060. The average Bonchev–Trinajstić information content (AvgIpc) is 3.10. The zero-order chi connectivity index (χ0) is 23.0. The fourth-order valence-corrected chi connectivity index (χ4v) is 4.28. The van der Waals surface area contributed by atoms with Gasteiger partial charge in [0.25, 0.3) is 0 Å². The minimum atomic E-state index is -1.43. The summed E-state index contributed by atoms with van der Waals surface area (Å²) in [6.45, 7) is 5.50. The van der Waals surface area contributed by atoms with Crippen LogP contribution in [0.25, 0.3) is 10.9 Å². The number of fused-ring (bicyclic) bond motifs is 1. The number of ether oxygens (including phenoxy) is 2. The molecule has 7 nitrogen and oxygen atoms in total. The number of aromatic nitrogens is 1. The molecule has 1 aromatic heterocycles. The van der Waals surface area contributed by atoms with Gasteiger partial charge in [-0.1, -0.05) is 24.3 Å². The molecule has 5 atom stereocenters.